The summed E-state index contributed by atoms with van der Waals surface area (Å²) in [5, 5.41) is 12.0. The highest BCUT2D eigenvalue weighted by Gasteiger charge is 2.50. The van der Waals surface area contributed by atoms with Crippen LogP contribution in [0.2, 0.25) is 0 Å². The Hall–Kier alpha value is -2.85. The lowest BCUT2D eigenvalue weighted by molar-refractivity contribution is -0.238. The average molecular weight is 475 g/mol. The molecule has 0 spiro atoms. The molecule has 1 N–H and O–H groups in total. The first-order valence-corrected chi connectivity index (χ1v) is 11.1. The fraction of sp³-hybridized carbons (Fsp3) is 0.440. The number of amides is 2. The van der Waals surface area contributed by atoms with Crippen molar-refractivity contribution in [3.05, 3.63) is 65.5 Å². The van der Waals surface area contributed by atoms with Gasteiger partial charge in [-0.05, 0) is 47.7 Å². The number of piperazine rings is 1. The van der Waals surface area contributed by atoms with Gasteiger partial charge in [-0.2, -0.15) is 0 Å². The van der Waals surface area contributed by atoms with Crippen molar-refractivity contribution < 1.29 is 33.4 Å². The number of nitrogens with zero attached hydrogens (tertiary/aromatic N) is 2. The van der Waals surface area contributed by atoms with Gasteiger partial charge in [-0.15, -0.1) is 5.06 Å². The fourth-order valence-electron chi connectivity index (χ4n) is 4.10. The minimum Gasteiger partial charge on any atom is -0.497 e. The van der Waals surface area contributed by atoms with E-state index in [4.69, 9.17) is 14.3 Å². The van der Waals surface area contributed by atoms with Crippen molar-refractivity contribution in [1.29, 1.82) is 0 Å². The molecule has 2 aromatic carbocycles. The Labute approximate surface area is 198 Å². The van der Waals surface area contributed by atoms with E-state index in [1.807, 2.05) is 26.0 Å². The van der Waals surface area contributed by atoms with E-state index in [2.05, 4.69) is 0 Å². The summed E-state index contributed by atoms with van der Waals surface area (Å²) in [7, 11) is 2.94. The zero-order valence-corrected chi connectivity index (χ0v) is 19.8. The number of rotatable bonds is 10. The highest BCUT2D eigenvalue weighted by atomic mass is 19.1. The van der Waals surface area contributed by atoms with Gasteiger partial charge in [0, 0.05) is 13.7 Å². The molecule has 0 aromatic heterocycles. The van der Waals surface area contributed by atoms with Crippen molar-refractivity contribution in [2.24, 2.45) is 5.92 Å². The number of aliphatic hydroxyl groups excluding tert-OH is 1. The third-order valence-electron chi connectivity index (χ3n) is 5.70. The van der Waals surface area contributed by atoms with Gasteiger partial charge in [0.05, 0.1) is 13.2 Å². The summed E-state index contributed by atoms with van der Waals surface area (Å²) in [6.45, 7) is 3.82. The molecular weight excluding hydrogens is 443 g/mol. The number of halogens is 1. The van der Waals surface area contributed by atoms with Crippen LogP contribution in [0.3, 0.4) is 0 Å². The molecule has 0 saturated carbocycles. The molecule has 0 aliphatic carbocycles. The highest BCUT2D eigenvalue weighted by Crippen LogP contribution is 2.33. The number of hydrogen-bond acceptors (Lipinski definition) is 7. The maximum atomic E-state index is 13.9. The molecule has 1 aliphatic rings. The van der Waals surface area contributed by atoms with Crippen LogP contribution in [0.5, 0.6) is 5.75 Å². The number of carbonyl (C=O) groups is 2. The number of benzene rings is 2. The van der Waals surface area contributed by atoms with Gasteiger partial charge in [-0.1, -0.05) is 38.1 Å². The van der Waals surface area contributed by atoms with Crippen LogP contribution in [0.4, 0.5) is 4.39 Å². The zero-order chi connectivity index (χ0) is 24.8. The highest BCUT2D eigenvalue weighted by molar-refractivity contribution is 6.02. The topological polar surface area (TPSA) is 88.5 Å². The van der Waals surface area contributed by atoms with E-state index in [9.17, 15) is 19.1 Å². The van der Waals surface area contributed by atoms with Gasteiger partial charge in [0.2, 0.25) is 0 Å². The van der Waals surface area contributed by atoms with Crippen molar-refractivity contribution in [3.8, 4) is 5.75 Å². The van der Waals surface area contributed by atoms with Crippen molar-refractivity contribution in [3.63, 3.8) is 0 Å². The minimum absolute atomic E-state index is 0.108. The summed E-state index contributed by atoms with van der Waals surface area (Å²) in [5.41, 5.74) is 1.04. The second kappa shape index (κ2) is 11.5. The first kappa shape index (κ1) is 25.8. The van der Waals surface area contributed by atoms with Gasteiger partial charge < -0.3 is 14.6 Å². The van der Waals surface area contributed by atoms with E-state index in [-0.39, 0.29) is 24.8 Å². The molecule has 1 aliphatic heterocycles. The Kier molecular flexibility index (Phi) is 8.73. The molecule has 0 bridgehead atoms. The normalized spacial score (nSPS) is 20.1. The van der Waals surface area contributed by atoms with Crippen LogP contribution >= 0.6 is 0 Å². The molecule has 0 radical (unpaired) electrons. The molecular formula is C25H31FN2O6. The number of hydrogen-bond donors (Lipinski definition) is 1. The van der Waals surface area contributed by atoms with Crippen LogP contribution in [0.15, 0.2) is 48.5 Å². The average Bonchev–Trinajstić information content (AvgIpc) is 2.81. The minimum atomic E-state index is -1.40. The predicted molar refractivity (Wildman–Crippen MR) is 122 cm³/mol. The molecule has 2 aromatic rings. The largest absolute Gasteiger partial charge is 0.497 e. The molecule has 184 valence electrons. The van der Waals surface area contributed by atoms with Crippen molar-refractivity contribution in [1.82, 2.24) is 9.96 Å². The van der Waals surface area contributed by atoms with E-state index in [0.29, 0.717) is 17.2 Å². The standard InChI is InChI=1S/C25H31FN2O6/c1-16(2)12-21-24(30)28(34-15-32-3)25(31)22(23(29)18-6-5-7-19(26)13-18)27(21)14-17-8-10-20(33-4)11-9-17/h5-11,13,16,21-23,29H,12,14-15H2,1-4H3/t21-,22-,23+/m0/s1. The molecule has 1 heterocycles. The summed E-state index contributed by atoms with van der Waals surface area (Å²) in [6.07, 6.45) is -0.987. The number of methoxy groups -OCH3 is 2. The Bertz CT molecular complexity index is 984. The SMILES string of the molecule is COCON1C(=O)[C@H]([C@H](O)c2cccc(F)c2)N(Cc2ccc(OC)cc2)[C@@H](CC(C)C)C1=O. The summed E-state index contributed by atoms with van der Waals surface area (Å²) in [6, 6.07) is 10.7. The lowest BCUT2D eigenvalue weighted by Crippen LogP contribution is -2.66. The molecule has 3 atom stereocenters. The maximum Gasteiger partial charge on any atom is 0.274 e. The van der Waals surface area contributed by atoms with Gasteiger partial charge in [0.15, 0.2) is 6.79 Å². The lowest BCUT2D eigenvalue weighted by Gasteiger charge is -2.45. The predicted octanol–water partition coefficient (Wildman–Crippen LogP) is 3.06. The first-order chi connectivity index (χ1) is 16.3. The lowest BCUT2D eigenvalue weighted by atomic mass is 9.91. The summed E-state index contributed by atoms with van der Waals surface area (Å²) >= 11 is 0. The Morgan fingerprint density at radius 2 is 1.76 bits per heavy atom. The van der Waals surface area contributed by atoms with Gasteiger partial charge in [0.25, 0.3) is 11.8 Å². The maximum absolute atomic E-state index is 13.9. The summed E-state index contributed by atoms with van der Waals surface area (Å²) < 4.78 is 24.0. The van der Waals surface area contributed by atoms with Crippen molar-refractivity contribution in [2.75, 3.05) is 21.0 Å². The Morgan fingerprint density at radius 3 is 2.35 bits per heavy atom. The van der Waals surface area contributed by atoms with Crippen molar-refractivity contribution >= 4 is 11.8 Å². The van der Waals surface area contributed by atoms with Gasteiger partial charge in [-0.25, -0.2) is 9.23 Å². The number of ether oxygens (including phenoxy) is 2. The van der Waals surface area contributed by atoms with Crippen LogP contribution in [0, 0.1) is 11.7 Å². The quantitative estimate of drug-likeness (QED) is 0.418. The molecule has 1 fully saturated rings. The van der Waals surface area contributed by atoms with Crippen LogP contribution < -0.4 is 4.74 Å². The van der Waals surface area contributed by atoms with Crippen LogP contribution in [0.25, 0.3) is 0 Å². The second-order valence-corrected chi connectivity index (χ2v) is 8.62. The molecule has 9 heteroatoms. The molecule has 1 saturated heterocycles. The second-order valence-electron chi connectivity index (χ2n) is 8.62. The van der Waals surface area contributed by atoms with Crippen molar-refractivity contribution in [2.45, 2.75) is 45.0 Å². The molecule has 3 rings (SSSR count). The third-order valence-corrected chi connectivity index (χ3v) is 5.70. The monoisotopic (exact) mass is 474 g/mol. The molecule has 34 heavy (non-hydrogen) atoms. The number of imide groups is 1. The van der Waals surface area contributed by atoms with E-state index >= 15 is 0 Å². The number of hydroxylamine groups is 2. The van der Waals surface area contributed by atoms with Crippen LogP contribution in [0.1, 0.15) is 37.5 Å². The zero-order valence-electron chi connectivity index (χ0n) is 19.8. The molecule has 0 unspecified atom stereocenters. The number of carbonyl (C=O) groups excluding carboxylic acids is 2. The Balaban J connectivity index is 2.06. The summed E-state index contributed by atoms with van der Waals surface area (Å²) in [5.74, 6) is -1.04. The van der Waals surface area contributed by atoms with E-state index in [0.717, 1.165) is 5.56 Å². The molecule has 2 amide bonds. The first-order valence-electron chi connectivity index (χ1n) is 11.1. The van der Waals surface area contributed by atoms with Crippen LogP contribution in [-0.4, -0.2) is 60.0 Å². The van der Waals surface area contributed by atoms with Crippen LogP contribution in [-0.2, 0) is 25.7 Å². The van der Waals surface area contributed by atoms with Gasteiger partial charge >= 0.3 is 0 Å². The fourth-order valence-corrected chi connectivity index (χ4v) is 4.10. The molecule has 8 nitrogen and oxygen atoms in total. The van der Waals surface area contributed by atoms with E-state index in [1.54, 1.807) is 30.2 Å². The van der Waals surface area contributed by atoms with E-state index in [1.165, 1.54) is 25.3 Å². The Morgan fingerprint density at radius 1 is 1.06 bits per heavy atom. The smallest absolute Gasteiger partial charge is 0.274 e. The summed E-state index contributed by atoms with van der Waals surface area (Å²) in [4.78, 5) is 33.8. The van der Waals surface area contributed by atoms with Gasteiger partial charge in [-0.3, -0.25) is 14.5 Å². The van der Waals surface area contributed by atoms with Gasteiger partial charge in [0.1, 0.15) is 23.7 Å². The number of aliphatic hydroxyl groups is 1. The third kappa shape index (κ3) is 5.79. The van der Waals surface area contributed by atoms with E-state index < -0.39 is 35.8 Å².